The third kappa shape index (κ3) is 34.1. The van der Waals surface area contributed by atoms with Crippen molar-refractivity contribution in [3.8, 4) is 0 Å². The van der Waals surface area contributed by atoms with Crippen LogP contribution in [0.15, 0.2) is 0 Å². The summed E-state index contributed by atoms with van der Waals surface area (Å²) in [5, 5.41) is 14.6. The SMILES string of the molecule is CN(C)CCN(C)C.[B]=C(O)O. The molecule has 0 aromatic carbocycles. The zero-order valence-electron chi connectivity index (χ0n) is 8.28. The van der Waals surface area contributed by atoms with Gasteiger partial charge < -0.3 is 9.80 Å². The zero-order valence-corrected chi connectivity index (χ0v) is 8.28. The number of hydrogen-bond acceptors (Lipinski definition) is 4. The van der Waals surface area contributed by atoms with Gasteiger partial charge in [-0.2, -0.15) is 0 Å². The normalized spacial score (nSPS) is 9.42. The number of nitrogens with zero attached hydrogens (tertiary/aromatic N) is 2. The fourth-order valence-electron chi connectivity index (χ4n) is 0.400. The second kappa shape index (κ2) is 8.55. The van der Waals surface area contributed by atoms with Crippen LogP contribution in [-0.2, 0) is 0 Å². The molecule has 0 aliphatic heterocycles. The van der Waals surface area contributed by atoms with Crippen LogP contribution in [0.5, 0.6) is 0 Å². The van der Waals surface area contributed by atoms with Crippen molar-refractivity contribution in [2.75, 3.05) is 41.3 Å². The van der Waals surface area contributed by atoms with Crippen LogP contribution in [0.3, 0.4) is 0 Å². The molecular formula is C7H18BN2O2. The molecule has 0 fully saturated rings. The molecule has 0 unspecified atom stereocenters. The van der Waals surface area contributed by atoms with E-state index in [1.54, 1.807) is 0 Å². The van der Waals surface area contributed by atoms with E-state index in [9.17, 15) is 0 Å². The van der Waals surface area contributed by atoms with Crippen molar-refractivity contribution in [3.63, 3.8) is 0 Å². The first-order chi connectivity index (χ1) is 5.36. The summed E-state index contributed by atoms with van der Waals surface area (Å²) in [4.78, 5) is 4.36. The summed E-state index contributed by atoms with van der Waals surface area (Å²) >= 11 is 0. The van der Waals surface area contributed by atoms with E-state index in [0.717, 1.165) is 13.1 Å². The molecule has 2 N–H and O–H groups in total. The van der Waals surface area contributed by atoms with Crippen molar-refractivity contribution in [1.29, 1.82) is 0 Å². The van der Waals surface area contributed by atoms with Gasteiger partial charge >= 0.3 is 23.5 Å². The van der Waals surface area contributed by atoms with E-state index in [-0.39, 0.29) is 0 Å². The van der Waals surface area contributed by atoms with E-state index in [0.29, 0.717) is 0 Å². The molecule has 0 heterocycles. The molecule has 1 radical (unpaired) electrons. The van der Waals surface area contributed by atoms with Gasteiger partial charge in [-0.05, 0) is 28.2 Å². The Labute approximate surface area is 75.5 Å². The van der Waals surface area contributed by atoms with Gasteiger partial charge in [-0.15, -0.1) is 0 Å². The van der Waals surface area contributed by atoms with Gasteiger partial charge in [0.2, 0.25) is 0 Å². The first kappa shape index (κ1) is 14.0. The van der Waals surface area contributed by atoms with Crippen molar-refractivity contribution in [2.45, 2.75) is 0 Å². The summed E-state index contributed by atoms with van der Waals surface area (Å²) in [6, 6.07) is 0. The topological polar surface area (TPSA) is 46.9 Å². The van der Waals surface area contributed by atoms with E-state index in [1.807, 2.05) is 0 Å². The minimum absolute atomic E-state index is 1.08. The fourth-order valence-corrected chi connectivity index (χ4v) is 0.400. The average Bonchev–Trinajstić information content (AvgIpc) is 1.82. The molecule has 71 valence electrons. The van der Waals surface area contributed by atoms with Gasteiger partial charge in [-0.1, -0.05) is 0 Å². The Kier molecular flexibility index (Phi) is 9.98. The van der Waals surface area contributed by atoms with Gasteiger partial charge in [0, 0.05) is 13.1 Å². The van der Waals surface area contributed by atoms with Crippen molar-refractivity contribution in [2.24, 2.45) is 0 Å². The molecule has 0 aliphatic carbocycles. The van der Waals surface area contributed by atoms with Crippen LogP contribution in [0.1, 0.15) is 0 Å². The van der Waals surface area contributed by atoms with Crippen LogP contribution in [0, 0.1) is 0 Å². The predicted octanol–water partition coefficient (Wildman–Crippen LogP) is -0.903. The molecule has 0 spiro atoms. The Bertz CT molecular complexity index is 106. The molecule has 0 atom stereocenters. The van der Waals surface area contributed by atoms with Crippen LogP contribution >= 0.6 is 0 Å². The molecule has 0 rings (SSSR count). The summed E-state index contributed by atoms with van der Waals surface area (Å²) < 4.78 is 0. The van der Waals surface area contributed by atoms with Gasteiger partial charge in [0.1, 0.15) is 0 Å². The predicted molar refractivity (Wildman–Crippen MR) is 51.7 cm³/mol. The summed E-state index contributed by atoms with van der Waals surface area (Å²) in [5.74, 6) is -1.08. The summed E-state index contributed by atoms with van der Waals surface area (Å²) in [7, 11) is 12.5. The van der Waals surface area contributed by atoms with Crippen LogP contribution in [-0.4, -0.2) is 74.6 Å². The Morgan fingerprint density at radius 3 is 1.25 bits per heavy atom. The molecule has 12 heavy (non-hydrogen) atoms. The van der Waals surface area contributed by atoms with E-state index in [4.69, 9.17) is 10.2 Å². The molecule has 0 bridgehead atoms. The third-order valence-electron chi connectivity index (χ3n) is 0.994. The first-order valence-electron chi connectivity index (χ1n) is 3.66. The van der Waals surface area contributed by atoms with Crippen molar-refractivity contribution >= 4 is 13.3 Å². The van der Waals surface area contributed by atoms with Crippen molar-refractivity contribution < 1.29 is 10.2 Å². The Morgan fingerprint density at radius 1 is 1.00 bits per heavy atom. The summed E-state index contributed by atoms with van der Waals surface area (Å²) in [6.45, 7) is 2.29. The quantitative estimate of drug-likeness (QED) is 0.543. The van der Waals surface area contributed by atoms with Gasteiger partial charge in [0.15, 0.2) is 0 Å². The van der Waals surface area contributed by atoms with E-state index in [2.05, 4.69) is 45.5 Å². The van der Waals surface area contributed by atoms with Crippen LogP contribution in [0.25, 0.3) is 0 Å². The Balaban J connectivity index is 0. The van der Waals surface area contributed by atoms with Gasteiger partial charge in [0.05, 0.1) is 0 Å². The van der Waals surface area contributed by atoms with E-state index >= 15 is 0 Å². The minimum atomic E-state index is -1.08. The zero-order chi connectivity index (χ0) is 10.1. The number of likely N-dealkylation sites (N-methyl/N-ethyl adjacent to an activating group) is 2. The Morgan fingerprint density at radius 2 is 1.17 bits per heavy atom. The molecule has 0 saturated heterocycles. The fraction of sp³-hybridized carbons (Fsp3) is 0.857. The molecule has 4 nitrogen and oxygen atoms in total. The molecular weight excluding hydrogens is 155 g/mol. The Hall–Kier alpha value is -0.545. The van der Waals surface area contributed by atoms with Crippen molar-refractivity contribution in [1.82, 2.24) is 9.80 Å². The number of aliphatic hydroxyl groups is 2. The first-order valence-corrected chi connectivity index (χ1v) is 3.66. The van der Waals surface area contributed by atoms with Gasteiger partial charge in [0.25, 0.3) is 0 Å². The molecule has 0 amide bonds. The average molecular weight is 173 g/mol. The second-order valence-corrected chi connectivity index (χ2v) is 2.96. The van der Waals surface area contributed by atoms with Crippen LogP contribution < -0.4 is 0 Å². The van der Waals surface area contributed by atoms with Gasteiger partial charge in [-0.3, -0.25) is 0 Å². The van der Waals surface area contributed by atoms with Crippen LogP contribution in [0.2, 0.25) is 0 Å². The van der Waals surface area contributed by atoms with E-state index in [1.165, 1.54) is 0 Å². The van der Waals surface area contributed by atoms with E-state index < -0.39 is 5.84 Å². The third-order valence-corrected chi connectivity index (χ3v) is 0.994. The number of aliphatic hydroxyl groups excluding tert-OH is 1. The number of rotatable bonds is 3. The summed E-state index contributed by atoms with van der Waals surface area (Å²) in [5.41, 5.74) is 0. The number of hydrogen-bond donors (Lipinski definition) is 2. The maximum absolute atomic E-state index is 7.31. The van der Waals surface area contributed by atoms with Gasteiger partial charge in [-0.25, -0.2) is 0 Å². The molecule has 5 heteroatoms. The molecule has 0 saturated carbocycles. The molecule has 0 aromatic rings. The second-order valence-electron chi connectivity index (χ2n) is 2.96. The maximum atomic E-state index is 7.31. The molecule has 0 aliphatic rings. The molecule has 0 aromatic heterocycles. The standard InChI is InChI=1S/C6H16N2.CH2BO2/c1-7(2)5-6-8(3)4;2-1(3)4/h5-6H2,1-4H3;3-4H. The van der Waals surface area contributed by atoms with Crippen molar-refractivity contribution in [3.05, 3.63) is 0 Å². The summed E-state index contributed by atoms with van der Waals surface area (Å²) in [6.07, 6.45) is 0. The van der Waals surface area contributed by atoms with Crippen LogP contribution in [0.4, 0.5) is 0 Å². The monoisotopic (exact) mass is 173 g/mol.